The third-order valence-corrected chi connectivity index (χ3v) is 4.64. The van der Waals surface area contributed by atoms with Gasteiger partial charge >= 0.3 is 0 Å². The maximum absolute atomic E-state index is 13.8. The van der Waals surface area contributed by atoms with E-state index in [1.807, 2.05) is 6.92 Å². The van der Waals surface area contributed by atoms with Gasteiger partial charge in [0, 0.05) is 17.0 Å². The topological polar surface area (TPSA) is 20.2 Å². The summed E-state index contributed by atoms with van der Waals surface area (Å²) in [5.41, 5.74) is -0.374. The SMILES string of the molecule is CC1CCC(O)(Cc2c(F)cccc2Cl)C(C)C1. The summed E-state index contributed by atoms with van der Waals surface area (Å²) < 4.78 is 13.8. The molecule has 0 saturated heterocycles. The zero-order valence-electron chi connectivity index (χ0n) is 10.9. The molecule has 1 aromatic rings. The molecule has 2 rings (SSSR count). The van der Waals surface area contributed by atoms with Gasteiger partial charge in [0.25, 0.3) is 0 Å². The van der Waals surface area contributed by atoms with Crippen molar-refractivity contribution in [2.75, 3.05) is 0 Å². The average molecular weight is 271 g/mol. The Hall–Kier alpha value is -0.600. The van der Waals surface area contributed by atoms with Gasteiger partial charge in [-0.15, -0.1) is 0 Å². The lowest BCUT2D eigenvalue weighted by Gasteiger charge is -2.41. The molecule has 1 aliphatic rings. The van der Waals surface area contributed by atoms with Crippen LogP contribution in [0.1, 0.15) is 38.7 Å². The van der Waals surface area contributed by atoms with Crippen LogP contribution in [0.3, 0.4) is 0 Å². The van der Waals surface area contributed by atoms with E-state index in [0.29, 0.717) is 22.9 Å². The molecule has 1 nitrogen and oxygen atoms in total. The van der Waals surface area contributed by atoms with Crippen molar-refractivity contribution >= 4 is 11.6 Å². The number of hydrogen-bond acceptors (Lipinski definition) is 1. The van der Waals surface area contributed by atoms with Crippen LogP contribution < -0.4 is 0 Å². The first-order valence-corrected chi connectivity index (χ1v) is 6.95. The van der Waals surface area contributed by atoms with E-state index in [0.717, 1.165) is 19.3 Å². The Morgan fingerprint density at radius 3 is 2.78 bits per heavy atom. The van der Waals surface area contributed by atoms with Crippen LogP contribution in [0.5, 0.6) is 0 Å². The van der Waals surface area contributed by atoms with Gasteiger partial charge in [0.1, 0.15) is 5.82 Å². The highest BCUT2D eigenvalue weighted by Crippen LogP contribution is 2.40. The van der Waals surface area contributed by atoms with Crippen LogP contribution in [0, 0.1) is 17.7 Å². The lowest BCUT2D eigenvalue weighted by Crippen LogP contribution is -2.43. The van der Waals surface area contributed by atoms with Gasteiger partial charge in [0.05, 0.1) is 5.60 Å². The van der Waals surface area contributed by atoms with Crippen LogP contribution in [-0.2, 0) is 6.42 Å². The summed E-state index contributed by atoms with van der Waals surface area (Å²) in [6.07, 6.45) is 3.02. The fourth-order valence-electron chi connectivity index (χ4n) is 2.95. The summed E-state index contributed by atoms with van der Waals surface area (Å²) in [6.45, 7) is 4.25. The molecule has 1 N–H and O–H groups in total. The standard InChI is InChI=1S/C15H20ClFO/c1-10-6-7-15(18,11(2)8-10)9-12-13(16)4-3-5-14(12)17/h3-5,10-11,18H,6-9H2,1-2H3. The molecule has 1 saturated carbocycles. The molecule has 0 heterocycles. The molecule has 100 valence electrons. The monoisotopic (exact) mass is 270 g/mol. The largest absolute Gasteiger partial charge is 0.389 e. The van der Waals surface area contributed by atoms with E-state index in [-0.39, 0.29) is 11.7 Å². The lowest BCUT2D eigenvalue weighted by molar-refractivity contribution is -0.0527. The minimum absolute atomic E-state index is 0.178. The summed E-state index contributed by atoms with van der Waals surface area (Å²) in [5, 5.41) is 11.1. The molecular formula is C15H20ClFO. The second kappa shape index (κ2) is 5.18. The fraction of sp³-hybridized carbons (Fsp3) is 0.600. The number of benzene rings is 1. The first kappa shape index (κ1) is 13.8. The summed E-state index contributed by atoms with van der Waals surface area (Å²) in [4.78, 5) is 0. The summed E-state index contributed by atoms with van der Waals surface area (Å²) in [6, 6.07) is 4.68. The van der Waals surface area contributed by atoms with Gasteiger partial charge in [-0.1, -0.05) is 31.5 Å². The van der Waals surface area contributed by atoms with Gasteiger partial charge in [-0.3, -0.25) is 0 Å². The first-order chi connectivity index (χ1) is 8.42. The Balaban J connectivity index is 2.22. The van der Waals surface area contributed by atoms with Crippen LogP contribution in [0.2, 0.25) is 5.02 Å². The van der Waals surface area contributed by atoms with Crippen LogP contribution in [-0.4, -0.2) is 10.7 Å². The van der Waals surface area contributed by atoms with E-state index in [9.17, 15) is 9.50 Å². The highest BCUT2D eigenvalue weighted by molar-refractivity contribution is 6.31. The maximum atomic E-state index is 13.8. The first-order valence-electron chi connectivity index (χ1n) is 6.57. The van der Waals surface area contributed by atoms with Crippen LogP contribution in [0.15, 0.2) is 18.2 Å². The molecule has 0 spiro atoms. The van der Waals surface area contributed by atoms with Gasteiger partial charge in [-0.25, -0.2) is 4.39 Å². The maximum Gasteiger partial charge on any atom is 0.127 e. The highest BCUT2D eigenvalue weighted by Gasteiger charge is 2.39. The van der Waals surface area contributed by atoms with Gasteiger partial charge < -0.3 is 5.11 Å². The molecule has 0 amide bonds. The Bertz CT molecular complexity index is 414. The molecule has 0 bridgehead atoms. The molecule has 0 radical (unpaired) electrons. The van der Waals surface area contributed by atoms with Crippen LogP contribution in [0.25, 0.3) is 0 Å². The van der Waals surface area contributed by atoms with Crippen molar-refractivity contribution in [3.8, 4) is 0 Å². The van der Waals surface area contributed by atoms with Gasteiger partial charge in [-0.05, 0) is 43.2 Å². The van der Waals surface area contributed by atoms with E-state index in [4.69, 9.17) is 11.6 Å². The minimum Gasteiger partial charge on any atom is -0.389 e. The normalized spacial score (nSPS) is 32.5. The van der Waals surface area contributed by atoms with Crippen molar-refractivity contribution in [1.82, 2.24) is 0 Å². The smallest absolute Gasteiger partial charge is 0.127 e. The summed E-state index contributed by atoms with van der Waals surface area (Å²) >= 11 is 6.04. The van der Waals surface area contributed by atoms with Crippen molar-refractivity contribution < 1.29 is 9.50 Å². The number of halogens is 2. The van der Waals surface area contributed by atoms with E-state index in [1.165, 1.54) is 6.07 Å². The van der Waals surface area contributed by atoms with Gasteiger partial charge in [0.15, 0.2) is 0 Å². The van der Waals surface area contributed by atoms with Crippen molar-refractivity contribution in [3.63, 3.8) is 0 Å². The number of hydrogen-bond donors (Lipinski definition) is 1. The second-order valence-corrected chi connectivity index (χ2v) is 6.17. The quantitative estimate of drug-likeness (QED) is 0.854. The van der Waals surface area contributed by atoms with Crippen molar-refractivity contribution in [2.24, 2.45) is 11.8 Å². The van der Waals surface area contributed by atoms with E-state index >= 15 is 0 Å². The highest BCUT2D eigenvalue weighted by atomic mass is 35.5. The lowest BCUT2D eigenvalue weighted by atomic mass is 9.70. The Morgan fingerprint density at radius 1 is 1.44 bits per heavy atom. The van der Waals surface area contributed by atoms with E-state index in [2.05, 4.69) is 6.92 Å². The van der Waals surface area contributed by atoms with E-state index in [1.54, 1.807) is 12.1 Å². The molecule has 0 aromatic heterocycles. The van der Waals surface area contributed by atoms with Gasteiger partial charge in [0.2, 0.25) is 0 Å². The van der Waals surface area contributed by atoms with Gasteiger partial charge in [-0.2, -0.15) is 0 Å². The van der Waals surface area contributed by atoms with Crippen LogP contribution in [0.4, 0.5) is 4.39 Å². The molecule has 1 aliphatic carbocycles. The third kappa shape index (κ3) is 2.70. The van der Waals surface area contributed by atoms with E-state index < -0.39 is 5.60 Å². The zero-order chi connectivity index (χ0) is 13.3. The summed E-state index contributed by atoms with van der Waals surface area (Å²) in [5.74, 6) is 0.495. The third-order valence-electron chi connectivity index (χ3n) is 4.29. The second-order valence-electron chi connectivity index (χ2n) is 5.76. The molecule has 1 aromatic carbocycles. The van der Waals surface area contributed by atoms with Crippen molar-refractivity contribution in [2.45, 2.75) is 45.1 Å². The number of aliphatic hydroxyl groups is 1. The predicted octanol–water partition coefficient (Wildman–Crippen LogP) is 4.21. The molecule has 1 fully saturated rings. The predicted molar refractivity (Wildman–Crippen MR) is 72.2 cm³/mol. The Morgan fingerprint density at radius 2 is 2.17 bits per heavy atom. The van der Waals surface area contributed by atoms with Crippen molar-refractivity contribution in [3.05, 3.63) is 34.6 Å². The van der Waals surface area contributed by atoms with Crippen LogP contribution >= 0.6 is 11.6 Å². The molecular weight excluding hydrogens is 251 g/mol. The Labute approximate surface area is 113 Å². The average Bonchev–Trinajstić information content (AvgIpc) is 2.30. The van der Waals surface area contributed by atoms with Crippen molar-refractivity contribution in [1.29, 1.82) is 0 Å². The zero-order valence-corrected chi connectivity index (χ0v) is 11.7. The molecule has 3 unspecified atom stereocenters. The summed E-state index contributed by atoms with van der Waals surface area (Å²) in [7, 11) is 0. The molecule has 0 aliphatic heterocycles. The molecule has 3 atom stereocenters. The Kier molecular flexibility index (Phi) is 3.98. The number of rotatable bonds is 2. The molecule has 18 heavy (non-hydrogen) atoms. The fourth-order valence-corrected chi connectivity index (χ4v) is 3.18. The minimum atomic E-state index is -0.821. The molecule has 3 heteroatoms.